The summed E-state index contributed by atoms with van der Waals surface area (Å²) in [5, 5.41) is -0.162. The van der Waals surface area contributed by atoms with E-state index in [2.05, 4.69) is 13.6 Å². The molecule has 2 aliphatic rings. The van der Waals surface area contributed by atoms with Gasteiger partial charge in [0.25, 0.3) is 10.2 Å². The number of hydrogen-bond donors (Lipinski definition) is 0. The lowest BCUT2D eigenvalue weighted by atomic mass is 10.3. The van der Waals surface area contributed by atoms with Gasteiger partial charge in [0, 0.05) is 50.1 Å². The summed E-state index contributed by atoms with van der Waals surface area (Å²) in [6.45, 7) is 3.78. The molecule has 2 saturated heterocycles. The minimum Gasteiger partial charge on any atom is -0.278 e. The van der Waals surface area contributed by atoms with Gasteiger partial charge in [0.05, 0.1) is 0 Å². The molecule has 1 aromatic rings. The molecule has 0 aliphatic carbocycles. The molecular formula is C15H19N3O2S2. The molecular weight excluding hydrogens is 318 g/mol. The van der Waals surface area contributed by atoms with Crippen molar-refractivity contribution in [3.05, 3.63) is 29.6 Å². The van der Waals surface area contributed by atoms with Crippen LogP contribution in [0.5, 0.6) is 0 Å². The highest BCUT2D eigenvalue weighted by atomic mass is 32.2. The zero-order valence-electron chi connectivity index (χ0n) is 12.4. The summed E-state index contributed by atoms with van der Waals surface area (Å²) in [7, 11) is 0. The summed E-state index contributed by atoms with van der Waals surface area (Å²) in [6.07, 6.45) is 4.55. The highest BCUT2D eigenvalue weighted by molar-refractivity contribution is 8.12. The Labute approximate surface area is 139 Å². The van der Waals surface area contributed by atoms with E-state index in [1.807, 2.05) is 0 Å². The molecule has 0 atom stereocenters. The summed E-state index contributed by atoms with van der Waals surface area (Å²) in [5.74, 6) is 0. The van der Waals surface area contributed by atoms with Crippen molar-refractivity contribution in [1.82, 2.24) is 13.6 Å². The molecule has 3 rings (SSSR count). The Morgan fingerprint density at radius 1 is 0.818 bits per heavy atom. The van der Waals surface area contributed by atoms with Gasteiger partial charge in [0.1, 0.15) is 11.4 Å². The third-order valence-corrected chi connectivity index (χ3v) is 5.72. The molecule has 22 heavy (non-hydrogen) atoms. The van der Waals surface area contributed by atoms with Crippen LogP contribution in [0.1, 0.15) is 46.7 Å². The molecule has 0 amide bonds. The average molecular weight is 337 g/mol. The Bertz CT molecular complexity index is 510. The first-order valence-corrected chi connectivity index (χ1v) is 9.18. The standard InChI is InChI=1S/C15H19N3O2S2/c19-14(21-17-8-1-2-9-17)12-6-5-7-13(16-12)15(20)22-18-10-3-4-11-18/h5-7H,1-4,8-11H2. The van der Waals surface area contributed by atoms with Crippen LogP contribution >= 0.6 is 23.9 Å². The van der Waals surface area contributed by atoms with E-state index in [0.29, 0.717) is 11.4 Å². The maximum absolute atomic E-state index is 12.3. The third-order valence-electron chi connectivity index (χ3n) is 3.72. The van der Waals surface area contributed by atoms with Gasteiger partial charge in [-0.05, 0) is 37.8 Å². The van der Waals surface area contributed by atoms with Crippen LogP contribution in [0.25, 0.3) is 0 Å². The Morgan fingerprint density at radius 2 is 1.23 bits per heavy atom. The van der Waals surface area contributed by atoms with Crippen LogP contribution in [-0.2, 0) is 0 Å². The molecule has 2 aliphatic heterocycles. The second-order valence-corrected chi connectivity index (χ2v) is 7.58. The van der Waals surface area contributed by atoms with Crippen molar-refractivity contribution in [3.63, 3.8) is 0 Å². The smallest absolute Gasteiger partial charge is 0.252 e. The monoisotopic (exact) mass is 337 g/mol. The van der Waals surface area contributed by atoms with Crippen molar-refractivity contribution in [3.8, 4) is 0 Å². The minimum absolute atomic E-state index is 0.0808. The van der Waals surface area contributed by atoms with Crippen LogP contribution in [0, 0.1) is 0 Å². The topological polar surface area (TPSA) is 53.5 Å². The normalized spacial score (nSPS) is 19.6. The predicted octanol–water partition coefficient (Wildman–Crippen LogP) is 2.85. The predicted molar refractivity (Wildman–Crippen MR) is 89.7 cm³/mol. The number of carbonyl (C=O) groups excluding carboxylic acids is 2. The number of rotatable bonds is 4. The fourth-order valence-corrected chi connectivity index (χ4v) is 4.31. The number of hydrogen-bond acceptors (Lipinski definition) is 7. The Hall–Kier alpha value is -0.890. The highest BCUT2D eigenvalue weighted by Crippen LogP contribution is 2.24. The van der Waals surface area contributed by atoms with E-state index < -0.39 is 0 Å². The number of carbonyl (C=O) groups is 2. The minimum atomic E-state index is -0.0808. The zero-order valence-corrected chi connectivity index (χ0v) is 14.0. The largest absolute Gasteiger partial charge is 0.278 e. The molecule has 118 valence electrons. The van der Waals surface area contributed by atoms with Gasteiger partial charge in [-0.2, -0.15) is 0 Å². The first-order chi connectivity index (χ1) is 10.7. The Balaban J connectivity index is 1.63. The lowest BCUT2D eigenvalue weighted by Gasteiger charge is -2.13. The van der Waals surface area contributed by atoms with Crippen molar-refractivity contribution in [2.24, 2.45) is 0 Å². The van der Waals surface area contributed by atoms with Gasteiger partial charge in [-0.1, -0.05) is 6.07 Å². The Kier molecular flexibility index (Phi) is 5.51. The van der Waals surface area contributed by atoms with Gasteiger partial charge in [0.15, 0.2) is 0 Å². The molecule has 0 unspecified atom stereocenters. The van der Waals surface area contributed by atoms with E-state index in [9.17, 15) is 9.59 Å². The maximum Gasteiger partial charge on any atom is 0.252 e. The number of aromatic nitrogens is 1. The second kappa shape index (κ2) is 7.59. The van der Waals surface area contributed by atoms with E-state index in [0.717, 1.165) is 51.9 Å². The highest BCUT2D eigenvalue weighted by Gasteiger charge is 2.21. The van der Waals surface area contributed by atoms with Gasteiger partial charge >= 0.3 is 0 Å². The molecule has 0 aromatic carbocycles. The summed E-state index contributed by atoms with van der Waals surface area (Å²) in [4.78, 5) is 28.8. The van der Waals surface area contributed by atoms with Gasteiger partial charge in [-0.15, -0.1) is 0 Å². The van der Waals surface area contributed by atoms with Gasteiger partial charge in [-0.25, -0.2) is 13.6 Å². The van der Waals surface area contributed by atoms with E-state index in [1.165, 1.54) is 23.9 Å². The summed E-state index contributed by atoms with van der Waals surface area (Å²) in [5.41, 5.74) is 0.731. The van der Waals surface area contributed by atoms with Gasteiger partial charge in [-0.3, -0.25) is 9.59 Å². The van der Waals surface area contributed by atoms with Crippen LogP contribution in [0.3, 0.4) is 0 Å². The van der Waals surface area contributed by atoms with Crippen LogP contribution in [0.2, 0.25) is 0 Å². The lowest BCUT2D eigenvalue weighted by Crippen LogP contribution is -2.16. The molecule has 1 aromatic heterocycles. The van der Waals surface area contributed by atoms with Gasteiger partial charge < -0.3 is 0 Å². The number of pyridine rings is 1. The molecule has 0 N–H and O–H groups in total. The molecule has 0 bridgehead atoms. The van der Waals surface area contributed by atoms with Crippen LogP contribution < -0.4 is 0 Å². The molecule has 3 heterocycles. The van der Waals surface area contributed by atoms with Crippen molar-refractivity contribution in [1.29, 1.82) is 0 Å². The molecule has 7 heteroatoms. The molecule has 0 saturated carbocycles. The van der Waals surface area contributed by atoms with E-state index in [4.69, 9.17) is 0 Å². The summed E-state index contributed by atoms with van der Waals surface area (Å²) in [6, 6.07) is 5.11. The van der Waals surface area contributed by atoms with Crippen LogP contribution in [0.4, 0.5) is 0 Å². The quantitative estimate of drug-likeness (QED) is 0.783. The summed E-state index contributed by atoms with van der Waals surface area (Å²) >= 11 is 2.43. The van der Waals surface area contributed by atoms with Crippen LogP contribution in [0.15, 0.2) is 18.2 Å². The van der Waals surface area contributed by atoms with Crippen LogP contribution in [-0.4, -0.2) is 50.0 Å². The molecule has 2 fully saturated rings. The van der Waals surface area contributed by atoms with E-state index in [1.54, 1.807) is 18.2 Å². The average Bonchev–Trinajstić information content (AvgIpc) is 3.21. The molecule has 5 nitrogen and oxygen atoms in total. The first-order valence-electron chi connectivity index (χ1n) is 7.64. The zero-order chi connectivity index (χ0) is 15.4. The SMILES string of the molecule is O=C(SN1CCCC1)c1cccc(C(=O)SN2CCCC2)n1. The van der Waals surface area contributed by atoms with Crippen molar-refractivity contribution in [2.45, 2.75) is 25.7 Å². The second-order valence-electron chi connectivity index (χ2n) is 5.44. The lowest BCUT2D eigenvalue weighted by molar-refractivity contribution is 0.107. The number of nitrogens with zero attached hydrogens (tertiary/aromatic N) is 3. The fraction of sp³-hybridized carbons (Fsp3) is 0.533. The fourth-order valence-electron chi connectivity index (χ4n) is 2.55. The van der Waals surface area contributed by atoms with Crippen molar-refractivity contribution >= 4 is 34.1 Å². The van der Waals surface area contributed by atoms with E-state index >= 15 is 0 Å². The molecule has 0 radical (unpaired) electrons. The van der Waals surface area contributed by atoms with Crippen molar-refractivity contribution < 1.29 is 9.59 Å². The first kappa shape index (κ1) is 16.0. The van der Waals surface area contributed by atoms with Gasteiger partial charge in [0.2, 0.25) is 0 Å². The van der Waals surface area contributed by atoms with Crippen molar-refractivity contribution in [2.75, 3.05) is 26.2 Å². The maximum atomic E-state index is 12.3. The Morgan fingerprint density at radius 3 is 1.64 bits per heavy atom. The third kappa shape index (κ3) is 4.10. The molecule has 0 spiro atoms. The van der Waals surface area contributed by atoms with E-state index in [-0.39, 0.29) is 10.2 Å². The summed E-state index contributed by atoms with van der Waals surface area (Å²) < 4.78 is 4.13.